The lowest BCUT2D eigenvalue weighted by Gasteiger charge is -2.30. The minimum Gasteiger partial charge on any atom is -0.393 e. The van der Waals surface area contributed by atoms with Crippen LogP contribution in [0.25, 0.3) is 0 Å². The lowest BCUT2D eigenvalue weighted by Crippen LogP contribution is -2.37. The van der Waals surface area contributed by atoms with E-state index < -0.39 is 0 Å². The van der Waals surface area contributed by atoms with Crippen LogP contribution < -0.4 is 0 Å². The molecule has 0 radical (unpaired) electrons. The monoisotopic (exact) mass is 185 g/mol. The van der Waals surface area contributed by atoms with Crippen LogP contribution in [-0.4, -0.2) is 35.2 Å². The molecular weight excluding hydrogens is 162 g/mol. The Bertz CT molecular complexity index is 147. The van der Waals surface area contributed by atoms with Crippen molar-refractivity contribution < 1.29 is 5.11 Å². The molecule has 2 nitrogen and oxygen atoms in total. The van der Waals surface area contributed by atoms with Crippen LogP contribution in [0.1, 0.15) is 40.0 Å². The van der Waals surface area contributed by atoms with Crippen LogP contribution in [0.15, 0.2) is 0 Å². The smallest absolute Gasteiger partial charge is 0.0553 e. The van der Waals surface area contributed by atoms with Crippen molar-refractivity contribution in [1.82, 2.24) is 4.90 Å². The average Bonchev–Trinajstić information content (AvgIpc) is 2.28. The first-order chi connectivity index (χ1) is 6.11. The maximum Gasteiger partial charge on any atom is 0.0553 e. The molecule has 0 aliphatic carbocycles. The Morgan fingerprint density at radius 3 is 2.46 bits per heavy atom. The molecule has 2 atom stereocenters. The molecular formula is C11H23NO. The largest absolute Gasteiger partial charge is 0.393 e. The molecule has 0 aromatic rings. The molecule has 1 saturated heterocycles. The molecule has 1 aliphatic rings. The van der Waals surface area contributed by atoms with E-state index in [1.807, 2.05) is 0 Å². The molecule has 0 aromatic carbocycles. The highest BCUT2D eigenvalue weighted by Gasteiger charge is 2.20. The predicted molar refractivity (Wildman–Crippen MR) is 55.7 cm³/mol. The molecule has 2 unspecified atom stereocenters. The van der Waals surface area contributed by atoms with Gasteiger partial charge in [0.1, 0.15) is 0 Å². The summed E-state index contributed by atoms with van der Waals surface area (Å²) in [6.07, 6.45) is 3.04. The summed E-state index contributed by atoms with van der Waals surface area (Å²) in [6.45, 7) is 9.07. The van der Waals surface area contributed by atoms with Crippen molar-refractivity contribution in [3.63, 3.8) is 0 Å². The summed E-state index contributed by atoms with van der Waals surface area (Å²) in [6, 6.07) is 0.658. The molecule has 1 fully saturated rings. The van der Waals surface area contributed by atoms with Crippen LogP contribution in [0, 0.1) is 5.92 Å². The Morgan fingerprint density at radius 1 is 1.15 bits per heavy atom. The third-order valence-electron chi connectivity index (χ3n) is 3.27. The number of rotatable bonds is 2. The highest BCUT2D eigenvalue weighted by atomic mass is 16.3. The Labute approximate surface area is 81.9 Å². The summed E-state index contributed by atoms with van der Waals surface area (Å²) in [5.41, 5.74) is 0. The zero-order valence-electron chi connectivity index (χ0n) is 9.16. The van der Waals surface area contributed by atoms with Gasteiger partial charge in [0, 0.05) is 12.6 Å². The number of aliphatic hydroxyl groups excluding tert-OH is 1. The fraction of sp³-hybridized carbons (Fsp3) is 1.00. The Balaban J connectivity index is 2.41. The quantitative estimate of drug-likeness (QED) is 0.710. The fourth-order valence-corrected chi connectivity index (χ4v) is 1.93. The van der Waals surface area contributed by atoms with Crippen molar-refractivity contribution in [2.45, 2.75) is 52.2 Å². The third kappa shape index (κ3) is 3.28. The second-order valence-corrected chi connectivity index (χ2v) is 4.61. The van der Waals surface area contributed by atoms with Gasteiger partial charge < -0.3 is 10.0 Å². The molecule has 0 amide bonds. The molecule has 1 rings (SSSR count). The first-order valence-corrected chi connectivity index (χ1v) is 5.53. The van der Waals surface area contributed by atoms with Crippen LogP contribution in [-0.2, 0) is 0 Å². The number of likely N-dealkylation sites (tertiary alicyclic amines) is 1. The van der Waals surface area contributed by atoms with Gasteiger partial charge in [-0.05, 0) is 38.6 Å². The molecule has 0 spiro atoms. The van der Waals surface area contributed by atoms with Crippen molar-refractivity contribution >= 4 is 0 Å². The van der Waals surface area contributed by atoms with Crippen molar-refractivity contribution in [2.24, 2.45) is 5.92 Å². The summed E-state index contributed by atoms with van der Waals surface area (Å²) in [5.74, 6) is 0.718. The Morgan fingerprint density at radius 2 is 1.85 bits per heavy atom. The summed E-state index contributed by atoms with van der Waals surface area (Å²) < 4.78 is 0. The van der Waals surface area contributed by atoms with Gasteiger partial charge in [0.05, 0.1) is 6.10 Å². The molecule has 2 heteroatoms. The van der Waals surface area contributed by atoms with Gasteiger partial charge >= 0.3 is 0 Å². The molecule has 0 saturated carbocycles. The fourth-order valence-electron chi connectivity index (χ4n) is 1.93. The van der Waals surface area contributed by atoms with Crippen LogP contribution in [0.3, 0.4) is 0 Å². The SMILES string of the molecule is CC(C)C(C)N1CCCC(O)CC1. The van der Waals surface area contributed by atoms with E-state index >= 15 is 0 Å². The van der Waals surface area contributed by atoms with E-state index in [-0.39, 0.29) is 6.10 Å². The average molecular weight is 185 g/mol. The van der Waals surface area contributed by atoms with Gasteiger partial charge in [0.25, 0.3) is 0 Å². The lowest BCUT2D eigenvalue weighted by atomic mass is 10.0. The number of hydrogen-bond acceptors (Lipinski definition) is 2. The zero-order chi connectivity index (χ0) is 9.84. The maximum absolute atomic E-state index is 9.50. The first kappa shape index (κ1) is 11.0. The van der Waals surface area contributed by atoms with Crippen LogP contribution in [0.2, 0.25) is 0 Å². The van der Waals surface area contributed by atoms with Gasteiger partial charge in [-0.1, -0.05) is 13.8 Å². The van der Waals surface area contributed by atoms with Crippen molar-refractivity contribution in [3.05, 3.63) is 0 Å². The van der Waals surface area contributed by atoms with Crippen molar-refractivity contribution in [1.29, 1.82) is 0 Å². The predicted octanol–water partition coefficient (Wildman–Crippen LogP) is 1.88. The molecule has 0 bridgehead atoms. The van der Waals surface area contributed by atoms with E-state index in [0.29, 0.717) is 6.04 Å². The standard InChI is InChI=1S/C11H23NO/c1-9(2)10(3)12-7-4-5-11(13)6-8-12/h9-11,13H,4-8H2,1-3H3. The second kappa shape index (κ2) is 4.97. The zero-order valence-corrected chi connectivity index (χ0v) is 9.16. The number of aliphatic hydroxyl groups is 1. The van der Waals surface area contributed by atoms with E-state index in [1.54, 1.807) is 0 Å². The van der Waals surface area contributed by atoms with E-state index in [1.165, 1.54) is 0 Å². The van der Waals surface area contributed by atoms with Gasteiger partial charge in [0.2, 0.25) is 0 Å². The normalized spacial score (nSPS) is 28.8. The summed E-state index contributed by atoms with van der Waals surface area (Å²) >= 11 is 0. The molecule has 0 aromatic heterocycles. The first-order valence-electron chi connectivity index (χ1n) is 5.53. The maximum atomic E-state index is 9.50. The van der Waals surface area contributed by atoms with Gasteiger partial charge in [-0.3, -0.25) is 0 Å². The van der Waals surface area contributed by atoms with Gasteiger partial charge in [-0.2, -0.15) is 0 Å². The third-order valence-corrected chi connectivity index (χ3v) is 3.27. The molecule has 1 N–H and O–H groups in total. The van der Waals surface area contributed by atoms with E-state index in [9.17, 15) is 5.11 Å². The molecule has 1 heterocycles. The van der Waals surface area contributed by atoms with E-state index in [0.717, 1.165) is 38.3 Å². The highest BCUT2D eigenvalue weighted by Crippen LogP contribution is 2.16. The van der Waals surface area contributed by atoms with Crippen LogP contribution >= 0.6 is 0 Å². The van der Waals surface area contributed by atoms with Crippen molar-refractivity contribution in [3.8, 4) is 0 Å². The van der Waals surface area contributed by atoms with Crippen LogP contribution in [0.4, 0.5) is 0 Å². The Kier molecular flexibility index (Phi) is 4.20. The number of hydrogen-bond donors (Lipinski definition) is 1. The molecule has 13 heavy (non-hydrogen) atoms. The van der Waals surface area contributed by atoms with Gasteiger partial charge in [-0.15, -0.1) is 0 Å². The Hall–Kier alpha value is -0.0800. The highest BCUT2D eigenvalue weighted by molar-refractivity contribution is 4.75. The van der Waals surface area contributed by atoms with Crippen molar-refractivity contribution in [2.75, 3.05) is 13.1 Å². The summed E-state index contributed by atoms with van der Waals surface area (Å²) in [7, 11) is 0. The lowest BCUT2D eigenvalue weighted by molar-refractivity contribution is 0.140. The minimum atomic E-state index is -0.0515. The van der Waals surface area contributed by atoms with Gasteiger partial charge in [0.15, 0.2) is 0 Å². The molecule has 78 valence electrons. The second-order valence-electron chi connectivity index (χ2n) is 4.61. The summed E-state index contributed by atoms with van der Waals surface area (Å²) in [5, 5.41) is 9.50. The minimum absolute atomic E-state index is 0.0515. The summed E-state index contributed by atoms with van der Waals surface area (Å²) in [4.78, 5) is 2.51. The van der Waals surface area contributed by atoms with Crippen LogP contribution in [0.5, 0.6) is 0 Å². The molecule has 1 aliphatic heterocycles. The topological polar surface area (TPSA) is 23.5 Å². The van der Waals surface area contributed by atoms with E-state index in [4.69, 9.17) is 0 Å². The van der Waals surface area contributed by atoms with Gasteiger partial charge in [-0.25, -0.2) is 0 Å². The van der Waals surface area contributed by atoms with E-state index in [2.05, 4.69) is 25.7 Å². The number of nitrogens with zero attached hydrogens (tertiary/aromatic N) is 1.